The van der Waals surface area contributed by atoms with E-state index in [0.717, 1.165) is 22.3 Å². The number of hydrogen-bond donors (Lipinski definition) is 1. The Morgan fingerprint density at radius 2 is 2.00 bits per heavy atom. The van der Waals surface area contributed by atoms with Gasteiger partial charge in [0.05, 0.1) is 12.1 Å². The zero-order valence-corrected chi connectivity index (χ0v) is 19.5. The maximum atomic E-state index is 13.4. The highest BCUT2D eigenvalue weighted by molar-refractivity contribution is 6.07. The third-order valence-electron chi connectivity index (χ3n) is 6.82. The third kappa shape index (κ3) is 3.82. The summed E-state index contributed by atoms with van der Waals surface area (Å²) >= 11 is 0. The second kappa shape index (κ2) is 8.33. The van der Waals surface area contributed by atoms with Gasteiger partial charge in [-0.1, -0.05) is 32.0 Å². The molecular weight excluding hydrogens is 418 g/mol. The number of carbonyl (C=O) groups excluding carboxylic acids is 2. The Morgan fingerprint density at radius 3 is 2.76 bits per heavy atom. The maximum absolute atomic E-state index is 13.4. The molecule has 174 valence electrons. The molecular formula is C25H31N5O3. The average molecular weight is 450 g/mol. The van der Waals surface area contributed by atoms with E-state index in [1.54, 1.807) is 6.20 Å². The Balaban J connectivity index is 1.34. The Hall–Kier alpha value is -3.13. The summed E-state index contributed by atoms with van der Waals surface area (Å²) in [6.07, 6.45) is 6.24. The molecule has 33 heavy (non-hydrogen) atoms. The third-order valence-corrected chi connectivity index (χ3v) is 6.82. The number of aromatic nitrogens is 3. The van der Waals surface area contributed by atoms with E-state index in [2.05, 4.69) is 24.1 Å². The van der Waals surface area contributed by atoms with Gasteiger partial charge >= 0.3 is 0 Å². The van der Waals surface area contributed by atoms with Gasteiger partial charge in [0.1, 0.15) is 11.4 Å². The van der Waals surface area contributed by atoms with E-state index in [-0.39, 0.29) is 11.8 Å². The first kappa shape index (κ1) is 21.7. The number of rotatable bonds is 4. The number of ether oxygens (including phenoxy) is 1. The number of nitrogens with zero attached hydrogens (tertiary/aromatic N) is 4. The van der Waals surface area contributed by atoms with Crippen LogP contribution in [0.3, 0.4) is 0 Å². The molecule has 0 radical (unpaired) electrons. The van der Waals surface area contributed by atoms with E-state index >= 15 is 0 Å². The second-order valence-corrected chi connectivity index (χ2v) is 9.61. The van der Waals surface area contributed by atoms with Gasteiger partial charge in [-0.15, -0.1) is 0 Å². The van der Waals surface area contributed by atoms with Crippen molar-refractivity contribution >= 4 is 22.7 Å². The van der Waals surface area contributed by atoms with Crippen LogP contribution in [0.5, 0.6) is 0 Å². The van der Waals surface area contributed by atoms with Crippen molar-refractivity contribution in [2.45, 2.75) is 44.9 Å². The molecule has 1 spiro atoms. The van der Waals surface area contributed by atoms with Crippen LogP contribution in [-0.4, -0.2) is 56.6 Å². The zero-order valence-electron chi connectivity index (χ0n) is 19.5. The molecule has 1 saturated heterocycles. The first-order valence-corrected chi connectivity index (χ1v) is 11.7. The van der Waals surface area contributed by atoms with Crippen LogP contribution in [0.2, 0.25) is 0 Å². The normalized spacial score (nSPS) is 19.8. The van der Waals surface area contributed by atoms with Crippen molar-refractivity contribution in [2.75, 3.05) is 19.6 Å². The van der Waals surface area contributed by atoms with Crippen LogP contribution in [0, 0.1) is 5.92 Å². The molecule has 5 rings (SSSR count). The lowest BCUT2D eigenvalue weighted by molar-refractivity contribution is -0.172. The largest absolute Gasteiger partial charge is 0.354 e. The summed E-state index contributed by atoms with van der Waals surface area (Å²) in [4.78, 5) is 32.7. The molecule has 0 bridgehead atoms. The molecule has 1 aromatic carbocycles. The van der Waals surface area contributed by atoms with E-state index in [4.69, 9.17) is 4.74 Å². The van der Waals surface area contributed by atoms with E-state index in [1.165, 1.54) is 0 Å². The van der Waals surface area contributed by atoms with Gasteiger partial charge < -0.3 is 24.1 Å². The highest BCUT2D eigenvalue weighted by Crippen LogP contribution is 2.40. The smallest absolute Gasteiger partial charge is 0.256 e. The van der Waals surface area contributed by atoms with Crippen molar-refractivity contribution in [2.24, 2.45) is 13.0 Å². The van der Waals surface area contributed by atoms with Crippen LogP contribution in [0.1, 0.15) is 42.9 Å². The molecule has 4 heterocycles. The predicted octanol–water partition coefficient (Wildman–Crippen LogP) is 2.68. The van der Waals surface area contributed by atoms with E-state index in [1.807, 2.05) is 57.7 Å². The Bertz CT molecular complexity index is 1190. The summed E-state index contributed by atoms with van der Waals surface area (Å²) in [5.74, 6) is 1.18. The number of para-hydroxylation sites is 1. The number of nitrogens with one attached hydrogen (secondary N) is 1. The number of amides is 2. The predicted molar refractivity (Wildman–Crippen MR) is 125 cm³/mol. The van der Waals surface area contributed by atoms with Gasteiger partial charge in [-0.3, -0.25) is 9.59 Å². The Labute approximate surface area is 193 Å². The van der Waals surface area contributed by atoms with Crippen LogP contribution in [0.15, 0.2) is 42.9 Å². The van der Waals surface area contributed by atoms with Gasteiger partial charge in [0.25, 0.3) is 11.8 Å². The molecule has 2 aliphatic heterocycles. The fourth-order valence-corrected chi connectivity index (χ4v) is 5.05. The number of fused-ring (bicyclic) bond motifs is 3. The van der Waals surface area contributed by atoms with Crippen LogP contribution in [0.25, 0.3) is 10.9 Å². The highest BCUT2D eigenvalue weighted by atomic mass is 16.5. The molecule has 1 N–H and O–H groups in total. The van der Waals surface area contributed by atoms with E-state index in [0.29, 0.717) is 44.9 Å². The minimum Gasteiger partial charge on any atom is -0.354 e. The number of aryl methyl sites for hydroxylation is 1. The standard InChI is InChI=1S/C25H31N5O3/c1-17(2)14-27-22(31)21-16-30-13-10-26-24(30)25(33-21)8-11-29(12-9-25)23(32)19-15-28(3)20-7-5-4-6-18(19)20/h4-7,10,13,15,17,21H,8-9,11-12,14,16H2,1-3H3,(H,27,31). The van der Waals surface area contributed by atoms with Gasteiger partial charge in [0, 0.05) is 69.0 Å². The molecule has 8 nitrogen and oxygen atoms in total. The van der Waals surface area contributed by atoms with Crippen molar-refractivity contribution in [3.05, 3.63) is 54.2 Å². The fourth-order valence-electron chi connectivity index (χ4n) is 5.05. The van der Waals surface area contributed by atoms with Crippen molar-refractivity contribution in [1.29, 1.82) is 0 Å². The van der Waals surface area contributed by atoms with Gasteiger partial charge in [0.2, 0.25) is 0 Å². The van der Waals surface area contributed by atoms with Crippen LogP contribution in [0.4, 0.5) is 0 Å². The summed E-state index contributed by atoms with van der Waals surface area (Å²) in [5.41, 5.74) is 1.11. The van der Waals surface area contributed by atoms with Crippen molar-refractivity contribution in [3.8, 4) is 0 Å². The van der Waals surface area contributed by atoms with Crippen molar-refractivity contribution in [1.82, 2.24) is 24.3 Å². The molecule has 1 fully saturated rings. The number of hydrogen-bond acceptors (Lipinski definition) is 4. The van der Waals surface area contributed by atoms with Crippen molar-refractivity contribution < 1.29 is 14.3 Å². The quantitative estimate of drug-likeness (QED) is 0.664. The zero-order chi connectivity index (χ0) is 23.2. The minimum absolute atomic E-state index is 0.0343. The lowest BCUT2D eigenvalue weighted by Crippen LogP contribution is -2.55. The topological polar surface area (TPSA) is 81.4 Å². The summed E-state index contributed by atoms with van der Waals surface area (Å²) in [5, 5.41) is 3.97. The molecule has 2 aliphatic rings. The van der Waals surface area contributed by atoms with E-state index < -0.39 is 11.7 Å². The number of benzene rings is 1. The number of carbonyl (C=O) groups is 2. The number of imidazole rings is 1. The maximum Gasteiger partial charge on any atom is 0.256 e. The first-order valence-electron chi connectivity index (χ1n) is 11.7. The lowest BCUT2D eigenvalue weighted by atomic mass is 9.88. The van der Waals surface area contributed by atoms with Gasteiger partial charge in [-0.05, 0) is 12.0 Å². The Kier molecular flexibility index (Phi) is 5.48. The first-order chi connectivity index (χ1) is 15.9. The van der Waals surface area contributed by atoms with Gasteiger partial charge in [0.15, 0.2) is 6.10 Å². The molecule has 3 aromatic rings. The molecule has 0 saturated carbocycles. The molecule has 0 aliphatic carbocycles. The minimum atomic E-state index is -0.656. The molecule has 1 unspecified atom stereocenters. The highest BCUT2D eigenvalue weighted by Gasteiger charge is 2.47. The monoisotopic (exact) mass is 449 g/mol. The molecule has 2 aromatic heterocycles. The second-order valence-electron chi connectivity index (χ2n) is 9.61. The lowest BCUT2D eigenvalue weighted by Gasteiger charge is -2.45. The summed E-state index contributed by atoms with van der Waals surface area (Å²) in [7, 11) is 1.96. The molecule has 1 atom stereocenters. The van der Waals surface area contributed by atoms with Crippen LogP contribution >= 0.6 is 0 Å². The van der Waals surface area contributed by atoms with Gasteiger partial charge in [-0.25, -0.2) is 4.98 Å². The SMILES string of the molecule is CC(C)CNC(=O)C1Cn2ccnc2C2(CCN(C(=O)c3cn(C)c4ccccc34)CC2)O1. The average Bonchev–Trinajstić information content (AvgIpc) is 3.43. The van der Waals surface area contributed by atoms with Crippen LogP contribution in [-0.2, 0) is 28.7 Å². The Morgan fingerprint density at radius 1 is 1.24 bits per heavy atom. The summed E-state index contributed by atoms with van der Waals surface area (Å²) < 4.78 is 10.5. The summed E-state index contributed by atoms with van der Waals surface area (Å²) in [6, 6.07) is 7.97. The number of likely N-dealkylation sites (tertiary alicyclic amines) is 1. The molecule has 8 heteroatoms. The van der Waals surface area contributed by atoms with E-state index in [9.17, 15) is 9.59 Å². The van der Waals surface area contributed by atoms with Crippen LogP contribution < -0.4 is 5.32 Å². The van der Waals surface area contributed by atoms with Crippen molar-refractivity contribution in [3.63, 3.8) is 0 Å². The molecule has 2 amide bonds. The van der Waals surface area contributed by atoms with Gasteiger partial charge in [-0.2, -0.15) is 0 Å². The summed E-state index contributed by atoms with van der Waals surface area (Å²) in [6.45, 7) is 6.32. The fraction of sp³-hybridized carbons (Fsp3) is 0.480. The number of piperidine rings is 1.